The van der Waals surface area contributed by atoms with E-state index in [1.165, 1.54) is 5.56 Å². The standard InChI is InChI=1S/C25H32N6O3/c1-2-19-6-8-20(9-7-19)28-23(32)17-21-25(34)27-11-12-31(21)24(33)18-29-13-15-30(16-14-29)22-5-3-4-10-26-22/h3-10,21H,2,11-18H2,1H3,(H,27,34)(H,28,32)/t21-/m1/s1. The predicted molar refractivity (Wildman–Crippen MR) is 130 cm³/mol. The molecule has 1 atom stereocenters. The molecule has 0 radical (unpaired) electrons. The smallest absolute Gasteiger partial charge is 0.243 e. The van der Waals surface area contributed by atoms with Crippen LogP contribution >= 0.6 is 0 Å². The monoisotopic (exact) mass is 464 g/mol. The molecule has 2 aliphatic rings. The number of rotatable bonds is 7. The number of carbonyl (C=O) groups excluding carboxylic acids is 3. The van der Waals surface area contributed by atoms with Crippen molar-refractivity contribution < 1.29 is 14.4 Å². The molecule has 0 bridgehead atoms. The zero-order valence-corrected chi connectivity index (χ0v) is 19.6. The van der Waals surface area contributed by atoms with Gasteiger partial charge in [-0.1, -0.05) is 25.1 Å². The van der Waals surface area contributed by atoms with Gasteiger partial charge in [0, 0.05) is 51.2 Å². The van der Waals surface area contributed by atoms with Gasteiger partial charge < -0.3 is 20.4 Å². The normalized spacial score (nSPS) is 19.0. The molecular formula is C25H32N6O3. The molecule has 1 aromatic carbocycles. The van der Waals surface area contributed by atoms with Crippen molar-refractivity contribution in [3.8, 4) is 0 Å². The number of aryl methyl sites for hydroxylation is 1. The van der Waals surface area contributed by atoms with E-state index < -0.39 is 6.04 Å². The van der Waals surface area contributed by atoms with Crippen LogP contribution < -0.4 is 15.5 Å². The molecule has 0 spiro atoms. The first-order chi connectivity index (χ1) is 16.5. The highest BCUT2D eigenvalue weighted by molar-refractivity contribution is 5.97. The predicted octanol–water partition coefficient (Wildman–Crippen LogP) is 1.12. The van der Waals surface area contributed by atoms with Crippen LogP contribution in [0, 0.1) is 0 Å². The number of carbonyl (C=O) groups is 3. The van der Waals surface area contributed by atoms with Gasteiger partial charge in [0.15, 0.2) is 0 Å². The number of nitrogens with zero attached hydrogens (tertiary/aromatic N) is 4. The zero-order chi connectivity index (χ0) is 23.9. The lowest BCUT2D eigenvalue weighted by atomic mass is 10.1. The molecule has 3 amide bonds. The van der Waals surface area contributed by atoms with Crippen molar-refractivity contribution >= 4 is 29.2 Å². The molecule has 2 aliphatic heterocycles. The first-order valence-corrected chi connectivity index (χ1v) is 11.9. The lowest BCUT2D eigenvalue weighted by Crippen LogP contribution is -2.60. The molecule has 2 aromatic rings. The van der Waals surface area contributed by atoms with Crippen LogP contribution in [0.25, 0.3) is 0 Å². The second-order valence-corrected chi connectivity index (χ2v) is 8.65. The number of pyridine rings is 1. The maximum absolute atomic E-state index is 13.1. The minimum atomic E-state index is -0.800. The maximum atomic E-state index is 13.1. The Labute approximate surface area is 200 Å². The van der Waals surface area contributed by atoms with Crippen LogP contribution in [0.2, 0.25) is 0 Å². The SMILES string of the molecule is CCc1ccc(NC(=O)C[C@@H]2C(=O)NCCN2C(=O)CN2CCN(c3ccccn3)CC2)cc1. The Morgan fingerprint density at radius 3 is 2.50 bits per heavy atom. The van der Waals surface area contributed by atoms with Crippen LogP contribution in [0.3, 0.4) is 0 Å². The van der Waals surface area contributed by atoms with Crippen LogP contribution in [0.1, 0.15) is 18.9 Å². The molecular weight excluding hydrogens is 432 g/mol. The van der Waals surface area contributed by atoms with Gasteiger partial charge >= 0.3 is 0 Å². The second-order valence-electron chi connectivity index (χ2n) is 8.65. The number of piperazine rings is 2. The Kier molecular flexibility index (Phi) is 7.74. The summed E-state index contributed by atoms with van der Waals surface area (Å²) in [5.74, 6) is 0.256. The lowest BCUT2D eigenvalue weighted by Gasteiger charge is -2.38. The fourth-order valence-electron chi connectivity index (χ4n) is 4.39. The minimum absolute atomic E-state index is 0.0689. The summed E-state index contributed by atoms with van der Waals surface area (Å²) in [7, 11) is 0. The molecule has 9 heteroatoms. The van der Waals surface area contributed by atoms with E-state index in [0.29, 0.717) is 18.8 Å². The highest BCUT2D eigenvalue weighted by atomic mass is 16.2. The third kappa shape index (κ3) is 5.91. The van der Waals surface area contributed by atoms with E-state index in [4.69, 9.17) is 0 Å². The summed E-state index contributed by atoms with van der Waals surface area (Å²) in [6.07, 6.45) is 2.63. The molecule has 3 heterocycles. The maximum Gasteiger partial charge on any atom is 0.243 e. The first kappa shape index (κ1) is 23.7. The molecule has 1 aromatic heterocycles. The van der Waals surface area contributed by atoms with Gasteiger partial charge in [-0.2, -0.15) is 0 Å². The van der Waals surface area contributed by atoms with Crippen LogP contribution in [0.15, 0.2) is 48.7 Å². The average Bonchev–Trinajstić information content (AvgIpc) is 2.86. The molecule has 34 heavy (non-hydrogen) atoms. The molecule has 180 valence electrons. The summed E-state index contributed by atoms with van der Waals surface area (Å²) in [6.45, 7) is 6.15. The Balaban J connectivity index is 1.31. The highest BCUT2D eigenvalue weighted by Crippen LogP contribution is 2.16. The summed E-state index contributed by atoms with van der Waals surface area (Å²) in [6, 6.07) is 12.7. The second kappa shape index (κ2) is 11.1. The Morgan fingerprint density at radius 1 is 1.06 bits per heavy atom. The van der Waals surface area contributed by atoms with Gasteiger partial charge in [-0.3, -0.25) is 19.3 Å². The van der Waals surface area contributed by atoms with E-state index in [2.05, 4.69) is 32.3 Å². The first-order valence-electron chi connectivity index (χ1n) is 11.9. The van der Waals surface area contributed by atoms with Gasteiger partial charge in [-0.15, -0.1) is 0 Å². The Morgan fingerprint density at radius 2 is 1.82 bits per heavy atom. The Hall–Kier alpha value is -3.46. The van der Waals surface area contributed by atoms with Gasteiger partial charge in [-0.25, -0.2) is 4.98 Å². The molecule has 9 nitrogen and oxygen atoms in total. The molecule has 0 aliphatic carbocycles. The molecule has 4 rings (SSSR count). The molecule has 2 fully saturated rings. The van der Waals surface area contributed by atoms with Crippen LogP contribution in [-0.4, -0.2) is 84.4 Å². The number of anilines is 2. The largest absolute Gasteiger partial charge is 0.354 e. The van der Waals surface area contributed by atoms with Crippen LogP contribution in [0.5, 0.6) is 0 Å². The van der Waals surface area contributed by atoms with E-state index >= 15 is 0 Å². The van der Waals surface area contributed by atoms with Crippen molar-refractivity contribution in [1.29, 1.82) is 0 Å². The number of nitrogens with one attached hydrogen (secondary N) is 2. The van der Waals surface area contributed by atoms with Crippen molar-refractivity contribution in [2.45, 2.75) is 25.8 Å². The topological polar surface area (TPSA) is 97.9 Å². The minimum Gasteiger partial charge on any atom is -0.354 e. The molecule has 2 saturated heterocycles. The van der Waals surface area contributed by atoms with Gasteiger partial charge in [-0.05, 0) is 36.2 Å². The number of benzene rings is 1. The lowest BCUT2D eigenvalue weighted by molar-refractivity contribution is -0.145. The number of aromatic nitrogens is 1. The van der Waals surface area contributed by atoms with Crippen molar-refractivity contribution in [2.24, 2.45) is 0 Å². The summed E-state index contributed by atoms with van der Waals surface area (Å²) in [5.41, 5.74) is 1.87. The van der Waals surface area contributed by atoms with Crippen LogP contribution in [0.4, 0.5) is 11.5 Å². The van der Waals surface area contributed by atoms with E-state index in [9.17, 15) is 14.4 Å². The van der Waals surface area contributed by atoms with E-state index in [0.717, 1.165) is 38.4 Å². The third-order valence-corrected chi connectivity index (χ3v) is 6.38. The van der Waals surface area contributed by atoms with Crippen molar-refractivity contribution in [3.05, 3.63) is 54.2 Å². The fourth-order valence-corrected chi connectivity index (χ4v) is 4.39. The number of hydrogen-bond acceptors (Lipinski definition) is 6. The quantitative estimate of drug-likeness (QED) is 0.638. The average molecular weight is 465 g/mol. The van der Waals surface area contributed by atoms with Gasteiger partial charge in [0.2, 0.25) is 17.7 Å². The number of amides is 3. The van der Waals surface area contributed by atoms with Crippen molar-refractivity contribution in [2.75, 3.05) is 56.0 Å². The molecule has 0 saturated carbocycles. The van der Waals surface area contributed by atoms with Crippen LogP contribution in [-0.2, 0) is 20.8 Å². The fraction of sp³-hybridized carbons (Fsp3) is 0.440. The molecule has 2 N–H and O–H groups in total. The third-order valence-electron chi connectivity index (χ3n) is 6.38. The number of hydrogen-bond donors (Lipinski definition) is 2. The van der Waals surface area contributed by atoms with E-state index in [1.807, 2.05) is 42.5 Å². The van der Waals surface area contributed by atoms with Gasteiger partial charge in [0.25, 0.3) is 0 Å². The summed E-state index contributed by atoms with van der Waals surface area (Å²) in [5, 5.41) is 5.63. The summed E-state index contributed by atoms with van der Waals surface area (Å²) in [4.78, 5) is 48.6. The van der Waals surface area contributed by atoms with Gasteiger partial charge in [0.05, 0.1) is 13.0 Å². The molecule has 0 unspecified atom stereocenters. The zero-order valence-electron chi connectivity index (χ0n) is 19.6. The summed E-state index contributed by atoms with van der Waals surface area (Å²) >= 11 is 0. The van der Waals surface area contributed by atoms with Crippen molar-refractivity contribution in [3.63, 3.8) is 0 Å². The Bertz CT molecular complexity index is 989. The van der Waals surface area contributed by atoms with Crippen molar-refractivity contribution in [1.82, 2.24) is 20.1 Å². The van der Waals surface area contributed by atoms with E-state index in [-0.39, 0.29) is 30.7 Å². The summed E-state index contributed by atoms with van der Waals surface area (Å²) < 4.78 is 0. The van der Waals surface area contributed by atoms with Gasteiger partial charge in [0.1, 0.15) is 11.9 Å². The van der Waals surface area contributed by atoms with E-state index in [1.54, 1.807) is 11.1 Å². The highest BCUT2D eigenvalue weighted by Gasteiger charge is 2.35.